The molecule has 0 aliphatic heterocycles. The van der Waals surface area contributed by atoms with Gasteiger partial charge in [-0.05, 0) is 22.0 Å². The normalized spacial score (nSPS) is 9.50. The standard InChI is InChI=1S/C7H8BrN3O/c1-9-11-7(12)5-2-6(8)4-10-3-5/h2-4,9H,1H3,(H,11,12). The summed E-state index contributed by atoms with van der Waals surface area (Å²) in [5.74, 6) is -0.202. The Morgan fingerprint density at radius 1 is 1.58 bits per heavy atom. The minimum Gasteiger partial charge on any atom is -0.288 e. The lowest BCUT2D eigenvalue weighted by molar-refractivity contribution is 0.0937. The van der Waals surface area contributed by atoms with Crippen molar-refractivity contribution in [2.24, 2.45) is 0 Å². The largest absolute Gasteiger partial charge is 0.288 e. The van der Waals surface area contributed by atoms with Crippen LogP contribution in [-0.4, -0.2) is 17.9 Å². The monoisotopic (exact) mass is 229 g/mol. The molecule has 1 rings (SSSR count). The van der Waals surface area contributed by atoms with Crippen LogP contribution in [0.5, 0.6) is 0 Å². The van der Waals surface area contributed by atoms with Crippen molar-refractivity contribution < 1.29 is 4.79 Å². The first-order valence-corrected chi connectivity index (χ1v) is 4.11. The summed E-state index contributed by atoms with van der Waals surface area (Å²) in [5, 5.41) is 0. The average Bonchev–Trinajstić information content (AvgIpc) is 2.05. The molecule has 1 heterocycles. The van der Waals surface area contributed by atoms with E-state index >= 15 is 0 Å². The van der Waals surface area contributed by atoms with Gasteiger partial charge >= 0.3 is 0 Å². The zero-order chi connectivity index (χ0) is 8.97. The van der Waals surface area contributed by atoms with Crippen LogP contribution in [0.1, 0.15) is 10.4 Å². The second-order valence-electron chi connectivity index (χ2n) is 2.10. The van der Waals surface area contributed by atoms with E-state index < -0.39 is 0 Å². The molecule has 5 heteroatoms. The van der Waals surface area contributed by atoms with Gasteiger partial charge in [-0.3, -0.25) is 15.2 Å². The van der Waals surface area contributed by atoms with E-state index in [0.717, 1.165) is 4.47 Å². The number of pyridine rings is 1. The predicted octanol–water partition coefficient (Wildman–Crippen LogP) is 0.708. The van der Waals surface area contributed by atoms with Gasteiger partial charge in [0.05, 0.1) is 5.56 Å². The summed E-state index contributed by atoms with van der Waals surface area (Å²) in [4.78, 5) is 15.0. The Morgan fingerprint density at radius 3 is 2.92 bits per heavy atom. The molecule has 0 bridgehead atoms. The molecule has 1 aromatic heterocycles. The minimum absolute atomic E-state index is 0.202. The summed E-state index contributed by atoms with van der Waals surface area (Å²) in [6.07, 6.45) is 3.12. The topological polar surface area (TPSA) is 54.0 Å². The van der Waals surface area contributed by atoms with Crippen molar-refractivity contribution >= 4 is 21.8 Å². The van der Waals surface area contributed by atoms with Crippen LogP contribution in [0.25, 0.3) is 0 Å². The number of hydrogen-bond acceptors (Lipinski definition) is 3. The summed E-state index contributed by atoms with van der Waals surface area (Å²) in [7, 11) is 1.63. The molecule has 64 valence electrons. The fourth-order valence-electron chi connectivity index (χ4n) is 0.722. The molecular weight excluding hydrogens is 222 g/mol. The summed E-state index contributed by atoms with van der Waals surface area (Å²) in [5.41, 5.74) is 5.49. The summed E-state index contributed by atoms with van der Waals surface area (Å²) < 4.78 is 0.784. The van der Waals surface area contributed by atoms with Crippen LogP contribution in [0.3, 0.4) is 0 Å². The fraction of sp³-hybridized carbons (Fsp3) is 0.143. The molecule has 4 nitrogen and oxygen atoms in total. The lowest BCUT2D eigenvalue weighted by Crippen LogP contribution is -2.34. The Bertz CT molecular complexity index is 290. The van der Waals surface area contributed by atoms with Gasteiger partial charge in [-0.25, -0.2) is 5.43 Å². The van der Waals surface area contributed by atoms with Gasteiger partial charge < -0.3 is 0 Å². The van der Waals surface area contributed by atoms with Crippen LogP contribution >= 0.6 is 15.9 Å². The van der Waals surface area contributed by atoms with E-state index in [1.165, 1.54) is 6.20 Å². The average molecular weight is 230 g/mol. The number of carbonyl (C=O) groups is 1. The number of nitrogens with zero attached hydrogens (tertiary/aromatic N) is 1. The van der Waals surface area contributed by atoms with Gasteiger partial charge in [0.2, 0.25) is 0 Å². The summed E-state index contributed by atoms with van der Waals surface area (Å²) >= 11 is 3.22. The molecule has 0 atom stereocenters. The van der Waals surface area contributed by atoms with Gasteiger partial charge in [0.1, 0.15) is 0 Å². The van der Waals surface area contributed by atoms with Crippen molar-refractivity contribution in [2.75, 3.05) is 7.05 Å². The molecule has 1 amide bonds. The number of amides is 1. The Morgan fingerprint density at radius 2 is 2.33 bits per heavy atom. The third kappa shape index (κ3) is 2.28. The Kier molecular flexibility index (Phi) is 3.19. The number of nitrogens with one attached hydrogen (secondary N) is 2. The second-order valence-corrected chi connectivity index (χ2v) is 3.01. The lowest BCUT2D eigenvalue weighted by atomic mass is 10.3. The van der Waals surface area contributed by atoms with Gasteiger partial charge in [-0.2, -0.15) is 0 Å². The zero-order valence-electron chi connectivity index (χ0n) is 6.47. The maximum absolute atomic E-state index is 11.2. The molecule has 0 fully saturated rings. The lowest BCUT2D eigenvalue weighted by Gasteiger charge is -2.01. The van der Waals surface area contributed by atoms with Crippen molar-refractivity contribution in [3.63, 3.8) is 0 Å². The van der Waals surface area contributed by atoms with E-state index in [9.17, 15) is 4.79 Å². The summed E-state index contributed by atoms with van der Waals surface area (Å²) in [6, 6.07) is 1.69. The maximum atomic E-state index is 11.2. The van der Waals surface area contributed by atoms with Crippen LogP contribution in [-0.2, 0) is 0 Å². The highest BCUT2D eigenvalue weighted by molar-refractivity contribution is 9.10. The van der Waals surface area contributed by atoms with Crippen molar-refractivity contribution in [2.45, 2.75) is 0 Å². The van der Waals surface area contributed by atoms with Gasteiger partial charge in [0.15, 0.2) is 0 Å². The van der Waals surface area contributed by atoms with Crippen LogP contribution in [0.2, 0.25) is 0 Å². The van der Waals surface area contributed by atoms with Gasteiger partial charge in [0.25, 0.3) is 5.91 Å². The highest BCUT2D eigenvalue weighted by atomic mass is 79.9. The van der Waals surface area contributed by atoms with E-state index in [2.05, 4.69) is 31.8 Å². The molecule has 0 aliphatic rings. The van der Waals surface area contributed by atoms with E-state index in [-0.39, 0.29) is 5.91 Å². The summed E-state index contributed by atoms with van der Waals surface area (Å²) in [6.45, 7) is 0. The van der Waals surface area contributed by atoms with Gasteiger partial charge in [-0.1, -0.05) is 0 Å². The van der Waals surface area contributed by atoms with E-state index in [4.69, 9.17) is 0 Å². The number of halogens is 1. The highest BCUT2D eigenvalue weighted by Crippen LogP contribution is 2.08. The van der Waals surface area contributed by atoms with Crippen LogP contribution in [0.15, 0.2) is 22.9 Å². The molecule has 1 aromatic rings. The number of carbonyl (C=O) groups excluding carboxylic acids is 1. The van der Waals surface area contributed by atoms with Crippen LogP contribution in [0.4, 0.5) is 0 Å². The van der Waals surface area contributed by atoms with Gasteiger partial charge in [-0.15, -0.1) is 0 Å². The molecule has 0 saturated heterocycles. The Balaban J connectivity index is 2.81. The van der Waals surface area contributed by atoms with E-state index in [1.807, 2.05) is 0 Å². The van der Waals surface area contributed by atoms with Crippen LogP contribution < -0.4 is 10.9 Å². The third-order valence-corrected chi connectivity index (χ3v) is 1.64. The zero-order valence-corrected chi connectivity index (χ0v) is 8.05. The third-order valence-electron chi connectivity index (χ3n) is 1.21. The number of hydrazine groups is 1. The first kappa shape index (κ1) is 9.15. The molecule has 0 unspecified atom stereocenters. The molecule has 12 heavy (non-hydrogen) atoms. The maximum Gasteiger partial charge on any atom is 0.266 e. The number of hydrogen-bond donors (Lipinski definition) is 2. The molecule has 0 radical (unpaired) electrons. The second kappa shape index (κ2) is 4.18. The minimum atomic E-state index is -0.202. The smallest absolute Gasteiger partial charge is 0.266 e. The molecule has 2 N–H and O–H groups in total. The molecule has 0 saturated carbocycles. The quantitative estimate of drug-likeness (QED) is 0.735. The Hall–Kier alpha value is -0.940. The van der Waals surface area contributed by atoms with Crippen molar-refractivity contribution in [3.05, 3.63) is 28.5 Å². The highest BCUT2D eigenvalue weighted by Gasteiger charge is 2.03. The fourth-order valence-corrected chi connectivity index (χ4v) is 1.09. The van der Waals surface area contributed by atoms with Crippen molar-refractivity contribution in [1.82, 2.24) is 15.8 Å². The van der Waals surface area contributed by atoms with E-state index in [1.54, 1.807) is 19.3 Å². The molecule has 0 aromatic carbocycles. The predicted molar refractivity (Wildman–Crippen MR) is 48.5 cm³/mol. The van der Waals surface area contributed by atoms with Crippen molar-refractivity contribution in [1.29, 1.82) is 0 Å². The molecule has 0 aliphatic carbocycles. The number of rotatable bonds is 2. The molecule has 0 spiro atoms. The van der Waals surface area contributed by atoms with Gasteiger partial charge in [0, 0.05) is 23.9 Å². The van der Waals surface area contributed by atoms with Crippen molar-refractivity contribution in [3.8, 4) is 0 Å². The first-order valence-electron chi connectivity index (χ1n) is 3.31. The van der Waals surface area contributed by atoms with E-state index in [0.29, 0.717) is 5.56 Å². The number of aromatic nitrogens is 1. The SMILES string of the molecule is CNNC(=O)c1cncc(Br)c1. The van der Waals surface area contributed by atoms with Crippen LogP contribution in [0, 0.1) is 0 Å². The first-order chi connectivity index (χ1) is 5.74. The molecular formula is C7H8BrN3O. The Labute approximate surface area is 78.5 Å².